The molecule has 3 rings (SSSR count). The summed E-state index contributed by atoms with van der Waals surface area (Å²) in [4.78, 5) is 11.9. The third-order valence-electron chi connectivity index (χ3n) is 3.95. The Morgan fingerprint density at radius 3 is 2.92 bits per heavy atom. The highest BCUT2D eigenvalue weighted by Gasteiger charge is 2.13. The molecule has 1 atom stereocenters. The zero-order valence-electron chi connectivity index (χ0n) is 13.3. The van der Waals surface area contributed by atoms with Gasteiger partial charge in [0, 0.05) is 12.8 Å². The van der Waals surface area contributed by atoms with E-state index in [-0.39, 0.29) is 17.8 Å². The van der Waals surface area contributed by atoms with Crippen LogP contribution in [0.1, 0.15) is 25.0 Å². The lowest BCUT2D eigenvalue weighted by Crippen LogP contribution is -2.33. The van der Waals surface area contributed by atoms with Gasteiger partial charge in [0.1, 0.15) is 23.4 Å². The largest absolute Gasteiger partial charge is 0.497 e. The Balaban J connectivity index is 1.47. The number of aryl methyl sites for hydroxylation is 1. The van der Waals surface area contributed by atoms with Crippen molar-refractivity contribution in [1.29, 1.82) is 0 Å². The Bertz CT molecular complexity index is 723. The molecule has 0 saturated heterocycles. The number of hydrogen-bond donors (Lipinski definition) is 1. The van der Waals surface area contributed by atoms with Crippen molar-refractivity contribution in [1.82, 2.24) is 5.32 Å². The maximum Gasteiger partial charge on any atom is 0.220 e. The fraction of sp³-hybridized carbons (Fsp3) is 0.316. The lowest BCUT2D eigenvalue weighted by atomic mass is 10.1. The molecule has 1 aliphatic rings. The zero-order chi connectivity index (χ0) is 16.8. The van der Waals surface area contributed by atoms with Crippen LogP contribution in [-0.2, 0) is 16.0 Å². The van der Waals surface area contributed by atoms with Gasteiger partial charge < -0.3 is 14.5 Å². The maximum absolute atomic E-state index is 13.7. The number of nitrogens with one attached hydrogen (secondary N) is 1. The van der Waals surface area contributed by atoms with Crippen LogP contribution in [0.2, 0.25) is 0 Å². The van der Waals surface area contributed by atoms with Crippen LogP contribution >= 0.6 is 0 Å². The molecular weight excluding hydrogens is 309 g/mol. The van der Waals surface area contributed by atoms with E-state index in [1.807, 2.05) is 6.08 Å². The number of allylic oxidation sites excluding steroid dienone is 1. The van der Waals surface area contributed by atoms with Crippen molar-refractivity contribution >= 4 is 5.91 Å². The lowest BCUT2D eigenvalue weighted by molar-refractivity contribution is -0.121. The van der Waals surface area contributed by atoms with Crippen LogP contribution in [0.3, 0.4) is 0 Å². The van der Waals surface area contributed by atoms with E-state index in [4.69, 9.17) is 9.15 Å². The van der Waals surface area contributed by atoms with Crippen LogP contribution in [0, 0.1) is 5.82 Å². The van der Waals surface area contributed by atoms with Crippen LogP contribution in [0.25, 0.3) is 11.3 Å². The molecule has 1 N–H and O–H groups in total. The number of amides is 1. The van der Waals surface area contributed by atoms with Crippen molar-refractivity contribution < 1.29 is 18.3 Å². The van der Waals surface area contributed by atoms with Gasteiger partial charge in [0.05, 0.1) is 18.4 Å². The quantitative estimate of drug-likeness (QED) is 0.876. The predicted molar refractivity (Wildman–Crippen MR) is 88.7 cm³/mol. The molecule has 2 aromatic rings. The molecule has 1 aromatic carbocycles. The van der Waals surface area contributed by atoms with Crippen LogP contribution < -0.4 is 5.32 Å². The molecule has 5 heteroatoms. The number of halogens is 1. The second-order valence-electron chi connectivity index (χ2n) is 5.76. The molecule has 1 aromatic heterocycles. The minimum absolute atomic E-state index is 0.0444. The molecule has 0 spiro atoms. The molecule has 0 bridgehead atoms. The van der Waals surface area contributed by atoms with Crippen molar-refractivity contribution in [3.63, 3.8) is 0 Å². The fourth-order valence-electron chi connectivity index (χ4n) is 2.61. The number of benzene rings is 1. The molecule has 2 heterocycles. The molecule has 24 heavy (non-hydrogen) atoms. The molecule has 0 saturated carbocycles. The third kappa shape index (κ3) is 4.25. The number of hydrogen-bond acceptors (Lipinski definition) is 3. The zero-order valence-corrected chi connectivity index (χ0v) is 13.3. The molecule has 0 radical (unpaired) electrons. The first kappa shape index (κ1) is 16.3. The third-order valence-corrected chi connectivity index (χ3v) is 3.95. The van der Waals surface area contributed by atoms with Gasteiger partial charge >= 0.3 is 0 Å². The van der Waals surface area contributed by atoms with Crippen LogP contribution in [0.15, 0.2) is 53.2 Å². The smallest absolute Gasteiger partial charge is 0.220 e. The molecule has 126 valence electrons. The van der Waals surface area contributed by atoms with E-state index in [9.17, 15) is 9.18 Å². The Hall–Kier alpha value is -2.56. The van der Waals surface area contributed by atoms with Gasteiger partial charge in [-0.1, -0.05) is 12.1 Å². The molecular formula is C19H20FNO3. The SMILES string of the molecule is O=C(CCc1ccc(-c2ccccc2F)o1)NC[C@@H]1CCC=CO1. The lowest BCUT2D eigenvalue weighted by Gasteiger charge is -2.19. The fourth-order valence-corrected chi connectivity index (χ4v) is 2.61. The number of carbonyl (C=O) groups is 1. The highest BCUT2D eigenvalue weighted by Crippen LogP contribution is 2.25. The van der Waals surface area contributed by atoms with Crippen molar-refractivity contribution in [2.75, 3.05) is 6.54 Å². The summed E-state index contributed by atoms with van der Waals surface area (Å²) < 4.78 is 24.8. The first-order valence-electron chi connectivity index (χ1n) is 8.13. The maximum atomic E-state index is 13.7. The van der Waals surface area contributed by atoms with Gasteiger partial charge in [0.25, 0.3) is 0 Å². The number of ether oxygens (including phenoxy) is 1. The van der Waals surface area contributed by atoms with Gasteiger partial charge in [-0.2, -0.15) is 0 Å². The van der Waals surface area contributed by atoms with Gasteiger partial charge in [-0.05, 0) is 43.2 Å². The molecule has 0 fully saturated rings. The first-order valence-corrected chi connectivity index (χ1v) is 8.13. The Kier molecular flexibility index (Phi) is 5.31. The van der Waals surface area contributed by atoms with Crippen molar-refractivity contribution in [2.45, 2.75) is 31.8 Å². The Labute approximate surface area is 140 Å². The Morgan fingerprint density at radius 1 is 1.25 bits per heavy atom. The summed E-state index contributed by atoms with van der Waals surface area (Å²) in [7, 11) is 0. The Morgan fingerprint density at radius 2 is 2.12 bits per heavy atom. The van der Waals surface area contributed by atoms with E-state index < -0.39 is 0 Å². The van der Waals surface area contributed by atoms with Gasteiger partial charge in [-0.15, -0.1) is 0 Å². The van der Waals surface area contributed by atoms with Crippen LogP contribution in [-0.4, -0.2) is 18.6 Å². The standard InChI is InChI=1S/C19H20FNO3/c20-17-7-2-1-6-16(17)18-10-8-14(24-18)9-11-19(22)21-13-15-5-3-4-12-23-15/h1-2,4,6-8,10,12,15H,3,5,9,11,13H2,(H,21,22)/t15-/m0/s1. The van der Waals surface area contributed by atoms with Gasteiger partial charge in [0.2, 0.25) is 5.91 Å². The summed E-state index contributed by atoms with van der Waals surface area (Å²) in [5.41, 5.74) is 0.427. The van der Waals surface area contributed by atoms with E-state index in [0.717, 1.165) is 12.8 Å². The molecule has 0 unspecified atom stereocenters. The average molecular weight is 329 g/mol. The van der Waals surface area contributed by atoms with E-state index in [1.54, 1.807) is 36.6 Å². The summed E-state index contributed by atoms with van der Waals surface area (Å²) in [5.74, 6) is 0.779. The van der Waals surface area contributed by atoms with Gasteiger partial charge in [-0.3, -0.25) is 4.79 Å². The summed E-state index contributed by atoms with van der Waals surface area (Å²) in [6, 6.07) is 9.98. The molecule has 4 nitrogen and oxygen atoms in total. The molecule has 1 amide bonds. The molecule has 0 aliphatic carbocycles. The normalized spacial score (nSPS) is 16.6. The van der Waals surface area contributed by atoms with Gasteiger partial charge in [0.15, 0.2) is 0 Å². The van der Waals surface area contributed by atoms with Crippen molar-refractivity contribution in [3.05, 3.63) is 60.3 Å². The van der Waals surface area contributed by atoms with E-state index >= 15 is 0 Å². The summed E-state index contributed by atoms with van der Waals surface area (Å²) in [6.07, 6.45) is 6.41. The van der Waals surface area contributed by atoms with E-state index in [2.05, 4.69) is 5.32 Å². The van der Waals surface area contributed by atoms with E-state index in [1.165, 1.54) is 6.07 Å². The number of carbonyl (C=O) groups excluding carboxylic acids is 1. The van der Waals surface area contributed by atoms with Gasteiger partial charge in [-0.25, -0.2) is 4.39 Å². The predicted octanol–water partition coefficient (Wildman–Crippen LogP) is 3.83. The second kappa shape index (κ2) is 7.81. The average Bonchev–Trinajstić information content (AvgIpc) is 3.08. The minimum Gasteiger partial charge on any atom is -0.497 e. The van der Waals surface area contributed by atoms with E-state index in [0.29, 0.717) is 36.5 Å². The molecule has 1 aliphatic heterocycles. The summed E-state index contributed by atoms with van der Waals surface area (Å²) in [5, 5.41) is 2.87. The highest BCUT2D eigenvalue weighted by atomic mass is 19.1. The summed E-state index contributed by atoms with van der Waals surface area (Å²) in [6.45, 7) is 0.516. The number of rotatable bonds is 6. The first-order chi connectivity index (χ1) is 11.7. The van der Waals surface area contributed by atoms with Crippen molar-refractivity contribution in [3.8, 4) is 11.3 Å². The topological polar surface area (TPSA) is 51.5 Å². The van der Waals surface area contributed by atoms with Crippen LogP contribution in [0.4, 0.5) is 4.39 Å². The monoisotopic (exact) mass is 329 g/mol. The van der Waals surface area contributed by atoms with Crippen LogP contribution in [0.5, 0.6) is 0 Å². The number of furan rings is 1. The van der Waals surface area contributed by atoms with Crippen molar-refractivity contribution in [2.24, 2.45) is 0 Å². The summed E-state index contributed by atoms with van der Waals surface area (Å²) >= 11 is 0. The highest BCUT2D eigenvalue weighted by molar-refractivity contribution is 5.76. The minimum atomic E-state index is -0.322. The second-order valence-corrected chi connectivity index (χ2v) is 5.76.